The Labute approximate surface area is 116 Å². The van der Waals surface area contributed by atoms with Gasteiger partial charge in [-0.1, -0.05) is 19.9 Å². The normalized spacial score (nSPS) is 17.6. The average molecular weight is 262 g/mol. The molecule has 0 bridgehead atoms. The van der Waals surface area contributed by atoms with Crippen LogP contribution in [-0.2, 0) is 6.54 Å². The number of hydrogen-bond acceptors (Lipinski definition) is 4. The molecular formula is C15H26N4. The van der Waals surface area contributed by atoms with E-state index in [2.05, 4.69) is 46.1 Å². The molecule has 1 aliphatic heterocycles. The third-order valence-electron chi connectivity index (χ3n) is 3.70. The van der Waals surface area contributed by atoms with Crippen LogP contribution in [0, 0.1) is 0 Å². The van der Waals surface area contributed by atoms with Crippen molar-refractivity contribution in [3.05, 3.63) is 23.9 Å². The largest absolute Gasteiger partial charge is 0.370 e. The van der Waals surface area contributed by atoms with E-state index in [-0.39, 0.29) is 0 Å². The summed E-state index contributed by atoms with van der Waals surface area (Å²) in [6.07, 6.45) is 3.13. The molecule has 106 valence electrons. The van der Waals surface area contributed by atoms with Crippen molar-refractivity contribution < 1.29 is 0 Å². The molecule has 4 nitrogen and oxygen atoms in total. The fourth-order valence-electron chi connectivity index (χ4n) is 2.40. The second-order valence-corrected chi connectivity index (χ2v) is 5.19. The minimum atomic E-state index is 0.987. The molecule has 1 aromatic heterocycles. The van der Waals surface area contributed by atoms with Gasteiger partial charge in [-0.15, -0.1) is 0 Å². The van der Waals surface area contributed by atoms with Gasteiger partial charge >= 0.3 is 0 Å². The van der Waals surface area contributed by atoms with Gasteiger partial charge in [-0.25, -0.2) is 4.98 Å². The highest BCUT2D eigenvalue weighted by molar-refractivity contribution is 5.35. The maximum atomic E-state index is 4.46. The number of nitrogens with one attached hydrogen (secondary N) is 1. The van der Waals surface area contributed by atoms with E-state index in [9.17, 15) is 0 Å². The van der Waals surface area contributed by atoms with Crippen molar-refractivity contribution in [2.75, 3.05) is 44.6 Å². The molecule has 0 unspecified atom stereocenters. The highest BCUT2D eigenvalue weighted by atomic mass is 15.3. The van der Waals surface area contributed by atoms with Crippen LogP contribution >= 0.6 is 0 Å². The van der Waals surface area contributed by atoms with Crippen LogP contribution in [0.15, 0.2) is 18.3 Å². The molecule has 4 heteroatoms. The fraction of sp³-hybridized carbons (Fsp3) is 0.667. The summed E-state index contributed by atoms with van der Waals surface area (Å²) in [5.41, 5.74) is 1.31. The van der Waals surface area contributed by atoms with Crippen molar-refractivity contribution in [2.45, 2.75) is 26.8 Å². The maximum Gasteiger partial charge on any atom is 0.125 e. The second-order valence-electron chi connectivity index (χ2n) is 5.19. The van der Waals surface area contributed by atoms with Gasteiger partial charge in [0.2, 0.25) is 0 Å². The van der Waals surface area contributed by atoms with Crippen molar-refractivity contribution in [1.82, 2.24) is 14.8 Å². The van der Waals surface area contributed by atoms with E-state index < -0.39 is 0 Å². The Hall–Kier alpha value is -1.13. The Morgan fingerprint density at radius 3 is 2.42 bits per heavy atom. The summed E-state index contributed by atoms with van der Waals surface area (Å²) in [4.78, 5) is 9.49. The number of piperazine rings is 1. The van der Waals surface area contributed by atoms with Crippen molar-refractivity contribution in [3.63, 3.8) is 0 Å². The van der Waals surface area contributed by atoms with Crippen LogP contribution in [0.5, 0.6) is 0 Å². The summed E-state index contributed by atoms with van der Waals surface area (Å²) in [6.45, 7) is 12.3. The van der Waals surface area contributed by atoms with E-state index in [1.807, 2.05) is 6.20 Å². The highest BCUT2D eigenvalue weighted by Crippen LogP contribution is 2.10. The summed E-state index contributed by atoms with van der Waals surface area (Å²) in [6, 6.07) is 4.28. The van der Waals surface area contributed by atoms with Crippen LogP contribution in [-0.4, -0.2) is 54.1 Å². The first-order valence-electron chi connectivity index (χ1n) is 7.45. The van der Waals surface area contributed by atoms with Crippen molar-refractivity contribution in [2.24, 2.45) is 0 Å². The predicted octanol–water partition coefficient (Wildman–Crippen LogP) is 2.04. The van der Waals surface area contributed by atoms with E-state index in [0.29, 0.717) is 0 Å². The quantitative estimate of drug-likeness (QED) is 0.850. The molecule has 0 amide bonds. The number of rotatable bonds is 6. The third-order valence-corrected chi connectivity index (χ3v) is 3.70. The van der Waals surface area contributed by atoms with Gasteiger partial charge in [0.25, 0.3) is 0 Å². The van der Waals surface area contributed by atoms with Gasteiger partial charge in [0.1, 0.15) is 5.82 Å². The molecule has 0 radical (unpaired) electrons. The monoisotopic (exact) mass is 262 g/mol. The molecule has 1 saturated heterocycles. The van der Waals surface area contributed by atoms with E-state index in [1.165, 1.54) is 38.3 Å². The summed E-state index contributed by atoms with van der Waals surface area (Å²) in [5, 5.41) is 3.31. The fourth-order valence-corrected chi connectivity index (χ4v) is 2.40. The number of nitrogens with zero attached hydrogens (tertiary/aromatic N) is 3. The van der Waals surface area contributed by atoms with E-state index >= 15 is 0 Å². The molecule has 1 N–H and O–H groups in total. The molecule has 1 aliphatic rings. The average Bonchev–Trinajstić information content (AvgIpc) is 2.47. The van der Waals surface area contributed by atoms with E-state index in [1.54, 1.807) is 0 Å². The van der Waals surface area contributed by atoms with Crippen LogP contribution in [0.4, 0.5) is 5.82 Å². The SMILES string of the molecule is CCCNc1ccc(CN2CCN(CC)CC2)cn1. The van der Waals surface area contributed by atoms with Crippen molar-refractivity contribution in [3.8, 4) is 0 Å². The lowest BCUT2D eigenvalue weighted by Crippen LogP contribution is -2.45. The molecule has 0 atom stereocenters. The molecular weight excluding hydrogens is 236 g/mol. The minimum absolute atomic E-state index is 0.987. The van der Waals surface area contributed by atoms with Crippen LogP contribution in [0.3, 0.4) is 0 Å². The minimum Gasteiger partial charge on any atom is -0.370 e. The third kappa shape index (κ3) is 4.48. The zero-order valence-corrected chi connectivity index (χ0v) is 12.2. The van der Waals surface area contributed by atoms with Crippen LogP contribution < -0.4 is 5.32 Å². The number of pyridine rings is 1. The second kappa shape index (κ2) is 7.46. The first-order chi connectivity index (χ1) is 9.31. The first kappa shape index (κ1) is 14.3. The van der Waals surface area contributed by atoms with Gasteiger partial charge in [-0.05, 0) is 24.6 Å². The molecule has 1 fully saturated rings. The number of aromatic nitrogens is 1. The molecule has 1 aromatic rings. The van der Waals surface area contributed by atoms with Gasteiger partial charge in [0.15, 0.2) is 0 Å². The lowest BCUT2D eigenvalue weighted by molar-refractivity contribution is 0.132. The Kier molecular flexibility index (Phi) is 5.61. The van der Waals surface area contributed by atoms with Gasteiger partial charge in [-0.3, -0.25) is 4.90 Å². The Bertz CT molecular complexity index is 355. The van der Waals surface area contributed by atoms with E-state index in [4.69, 9.17) is 0 Å². The van der Waals surface area contributed by atoms with Crippen molar-refractivity contribution >= 4 is 5.82 Å². The van der Waals surface area contributed by atoms with E-state index in [0.717, 1.165) is 25.3 Å². The number of hydrogen-bond donors (Lipinski definition) is 1. The summed E-state index contributed by atoms with van der Waals surface area (Å²) >= 11 is 0. The van der Waals surface area contributed by atoms with Crippen molar-refractivity contribution in [1.29, 1.82) is 0 Å². The maximum absolute atomic E-state index is 4.46. The molecule has 0 aromatic carbocycles. The van der Waals surface area contributed by atoms with Crippen LogP contribution in [0.2, 0.25) is 0 Å². The topological polar surface area (TPSA) is 31.4 Å². The highest BCUT2D eigenvalue weighted by Gasteiger charge is 2.15. The van der Waals surface area contributed by atoms with Gasteiger partial charge in [-0.2, -0.15) is 0 Å². The predicted molar refractivity (Wildman–Crippen MR) is 80.4 cm³/mol. The molecule has 0 saturated carbocycles. The molecule has 0 aliphatic carbocycles. The summed E-state index contributed by atoms with van der Waals surface area (Å²) in [5.74, 6) is 0.987. The first-order valence-corrected chi connectivity index (χ1v) is 7.45. The Morgan fingerprint density at radius 2 is 1.84 bits per heavy atom. The smallest absolute Gasteiger partial charge is 0.125 e. The Morgan fingerprint density at radius 1 is 1.11 bits per heavy atom. The summed E-state index contributed by atoms with van der Waals surface area (Å²) in [7, 11) is 0. The molecule has 0 spiro atoms. The van der Waals surface area contributed by atoms with Gasteiger partial charge in [0, 0.05) is 45.5 Å². The Balaban J connectivity index is 1.79. The number of likely N-dealkylation sites (N-methyl/N-ethyl adjacent to an activating group) is 1. The number of anilines is 1. The van der Waals surface area contributed by atoms with Gasteiger partial charge < -0.3 is 10.2 Å². The van der Waals surface area contributed by atoms with Crippen LogP contribution in [0.25, 0.3) is 0 Å². The zero-order chi connectivity index (χ0) is 13.5. The lowest BCUT2D eigenvalue weighted by Gasteiger charge is -2.33. The lowest BCUT2D eigenvalue weighted by atomic mass is 10.2. The molecule has 19 heavy (non-hydrogen) atoms. The molecule has 2 heterocycles. The molecule has 2 rings (SSSR count). The standard InChI is InChI=1S/C15H26N4/c1-3-7-16-15-6-5-14(12-17-15)13-19-10-8-18(4-2)9-11-19/h5-6,12H,3-4,7-11,13H2,1-2H3,(H,16,17). The summed E-state index contributed by atoms with van der Waals surface area (Å²) < 4.78 is 0. The van der Waals surface area contributed by atoms with Crippen LogP contribution in [0.1, 0.15) is 25.8 Å². The zero-order valence-electron chi connectivity index (χ0n) is 12.2. The van der Waals surface area contributed by atoms with Gasteiger partial charge in [0.05, 0.1) is 0 Å².